The molecule has 0 spiro atoms. The summed E-state index contributed by atoms with van der Waals surface area (Å²) >= 11 is 0. The zero-order chi connectivity index (χ0) is 22.9. The number of esters is 1. The van der Waals surface area contributed by atoms with Crippen molar-refractivity contribution in [2.24, 2.45) is 0 Å². The molecule has 1 aromatic heterocycles. The summed E-state index contributed by atoms with van der Waals surface area (Å²) in [6, 6.07) is 21.0. The number of aryl methyl sites for hydroxylation is 1. The lowest BCUT2D eigenvalue weighted by atomic mass is 9.97. The van der Waals surface area contributed by atoms with E-state index in [0.717, 1.165) is 22.1 Å². The molecule has 0 bridgehead atoms. The molecule has 0 unspecified atom stereocenters. The maximum absolute atomic E-state index is 13.0. The summed E-state index contributed by atoms with van der Waals surface area (Å²) in [6.07, 6.45) is 0.511. The lowest BCUT2D eigenvalue weighted by molar-refractivity contribution is 0.0601. The van der Waals surface area contributed by atoms with Crippen LogP contribution in [0.3, 0.4) is 0 Å². The Bertz CT molecular complexity index is 1410. The molecule has 0 radical (unpaired) electrons. The van der Waals surface area contributed by atoms with E-state index >= 15 is 0 Å². The van der Waals surface area contributed by atoms with Gasteiger partial charge in [-0.2, -0.15) is 0 Å². The summed E-state index contributed by atoms with van der Waals surface area (Å²) in [6.45, 7) is 2.65. The first-order chi connectivity index (χ1) is 16.1. The second kappa shape index (κ2) is 8.47. The second-order valence-electron chi connectivity index (χ2n) is 8.05. The number of hydrogen-bond acceptors (Lipinski definition) is 6. The molecule has 0 saturated heterocycles. The van der Waals surface area contributed by atoms with E-state index in [9.17, 15) is 9.59 Å². The molecule has 166 valence electrons. The molecule has 5 rings (SSSR count). The van der Waals surface area contributed by atoms with E-state index in [2.05, 4.69) is 0 Å². The van der Waals surface area contributed by atoms with Crippen molar-refractivity contribution in [2.75, 3.05) is 18.7 Å². The van der Waals surface area contributed by atoms with Gasteiger partial charge in [0.25, 0.3) is 0 Å². The summed E-state index contributed by atoms with van der Waals surface area (Å²) in [5.74, 6) is 0.259. The van der Waals surface area contributed by atoms with E-state index in [1.165, 1.54) is 7.11 Å². The highest BCUT2D eigenvalue weighted by Gasteiger charge is 2.26. The van der Waals surface area contributed by atoms with Gasteiger partial charge in [0, 0.05) is 17.4 Å². The molecular formula is C27H23NO5. The Hall–Kier alpha value is -4.06. The molecule has 3 aromatic carbocycles. The first-order valence-electron chi connectivity index (χ1n) is 10.7. The highest BCUT2D eigenvalue weighted by molar-refractivity contribution is 5.96. The normalized spacial score (nSPS) is 12.8. The fraction of sp³-hybridized carbons (Fsp3) is 0.185. The Morgan fingerprint density at radius 2 is 1.79 bits per heavy atom. The lowest BCUT2D eigenvalue weighted by Gasteiger charge is -2.32. The minimum atomic E-state index is -0.415. The third kappa shape index (κ3) is 3.74. The van der Waals surface area contributed by atoms with E-state index in [-0.39, 0.29) is 12.4 Å². The SMILES string of the molecule is COC(=O)c1ccccc1N1COc2ccc3c(C)c(Cc4ccccc4)c(=O)oc3c2C1. The third-order valence-corrected chi connectivity index (χ3v) is 6.11. The van der Waals surface area contributed by atoms with Crippen molar-refractivity contribution in [1.29, 1.82) is 0 Å². The molecule has 0 fully saturated rings. The van der Waals surface area contributed by atoms with Gasteiger partial charge in [0.05, 0.1) is 30.5 Å². The van der Waals surface area contributed by atoms with E-state index in [1.54, 1.807) is 12.1 Å². The predicted octanol–water partition coefficient (Wildman–Crippen LogP) is 4.84. The van der Waals surface area contributed by atoms with Crippen molar-refractivity contribution in [1.82, 2.24) is 0 Å². The fourth-order valence-electron chi connectivity index (χ4n) is 4.35. The zero-order valence-corrected chi connectivity index (χ0v) is 18.5. The van der Waals surface area contributed by atoms with Gasteiger partial charge in [-0.25, -0.2) is 9.59 Å². The summed E-state index contributed by atoms with van der Waals surface area (Å²) in [5, 5.41) is 0.881. The number of anilines is 1. The van der Waals surface area contributed by atoms with Crippen molar-refractivity contribution in [3.63, 3.8) is 0 Å². The molecule has 6 heteroatoms. The van der Waals surface area contributed by atoms with Gasteiger partial charge in [0.15, 0.2) is 6.73 Å². The van der Waals surface area contributed by atoms with Crippen LogP contribution in [0.25, 0.3) is 11.0 Å². The predicted molar refractivity (Wildman–Crippen MR) is 126 cm³/mol. The van der Waals surface area contributed by atoms with E-state index in [0.29, 0.717) is 41.1 Å². The van der Waals surface area contributed by atoms with E-state index in [1.807, 2.05) is 66.4 Å². The monoisotopic (exact) mass is 441 g/mol. The number of methoxy groups -OCH3 is 1. The Balaban J connectivity index is 1.58. The number of para-hydroxylation sites is 1. The average Bonchev–Trinajstić information content (AvgIpc) is 2.86. The fourth-order valence-corrected chi connectivity index (χ4v) is 4.35. The molecule has 0 aliphatic carbocycles. The largest absolute Gasteiger partial charge is 0.473 e. The van der Waals surface area contributed by atoms with Crippen LogP contribution in [0.5, 0.6) is 5.75 Å². The van der Waals surface area contributed by atoms with Crippen LogP contribution in [0, 0.1) is 6.92 Å². The van der Waals surface area contributed by atoms with Crippen molar-refractivity contribution in [3.8, 4) is 5.75 Å². The summed E-state index contributed by atoms with van der Waals surface area (Å²) in [7, 11) is 1.36. The summed E-state index contributed by atoms with van der Waals surface area (Å²) < 4.78 is 16.8. The molecule has 0 saturated carbocycles. The number of ether oxygens (including phenoxy) is 2. The first-order valence-corrected chi connectivity index (χ1v) is 10.7. The van der Waals surface area contributed by atoms with Crippen LogP contribution in [0.15, 0.2) is 75.9 Å². The van der Waals surface area contributed by atoms with Crippen molar-refractivity contribution >= 4 is 22.6 Å². The Morgan fingerprint density at radius 3 is 2.58 bits per heavy atom. The highest BCUT2D eigenvalue weighted by atomic mass is 16.5. The van der Waals surface area contributed by atoms with Gasteiger partial charge in [-0.15, -0.1) is 0 Å². The van der Waals surface area contributed by atoms with Gasteiger partial charge in [-0.3, -0.25) is 0 Å². The van der Waals surface area contributed by atoms with Gasteiger partial charge in [-0.05, 0) is 42.3 Å². The molecule has 33 heavy (non-hydrogen) atoms. The number of fused-ring (bicyclic) bond motifs is 3. The number of carbonyl (C=O) groups is 1. The summed E-state index contributed by atoms with van der Waals surface area (Å²) in [4.78, 5) is 27.2. The number of carbonyl (C=O) groups excluding carboxylic acids is 1. The molecule has 0 N–H and O–H groups in total. The first kappa shape index (κ1) is 20.8. The minimum absolute atomic E-state index is 0.266. The van der Waals surface area contributed by atoms with Crippen LogP contribution in [0.4, 0.5) is 5.69 Å². The van der Waals surface area contributed by atoms with E-state index in [4.69, 9.17) is 13.9 Å². The number of nitrogens with zero attached hydrogens (tertiary/aromatic N) is 1. The average molecular weight is 441 g/mol. The molecule has 2 heterocycles. The zero-order valence-electron chi connectivity index (χ0n) is 18.5. The Labute approximate surface area is 191 Å². The van der Waals surface area contributed by atoms with Crippen molar-refractivity contribution in [3.05, 3.63) is 105 Å². The quantitative estimate of drug-likeness (QED) is 0.334. The van der Waals surface area contributed by atoms with Crippen LogP contribution < -0.4 is 15.3 Å². The Morgan fingerprint density at radius 1 is 1.03 bits per heavy atom. The molecule has 4 aromatic rings. The molecular weight excluding hydrogens is 418 g/mol. The molecule has 6 nitrogen and oxygen atoms in total. The number of rotatable bonds is 4. The topological polar surface area (TPSA) is 69.0 Å². The minimum Gasteiger partial charge on any atom is -0.473 e. The number of hydrogen-bond donors (Lipinski definition) is 0. The molecule has 1 aliphatic heterocycles. The summed E-state index contributed by atoms with van der Waals surface area (Å²) in [5.41, 5.74) is 4.72. The van der Waals surface area contributed by atoms with Crippen molar-refractivity contribution in [2.45, 2.75) is 19.9 Å². The lowest BCUT2D eigenvalue weighted by Crippen LogP contribution is -2.33. The molecule has 0 amide bonds. The molecule has 1 aliphatic rings. The highest BCUT2D eigenvalue weighted by Crippen LogP contribution is 2.36. The van der Waals surface area contributed by atoms with Crippen LogP contribution in [-0.2, 0) is 17.7 Å². The van der Waals surface area contributed by atoms with Gasteiger partial charge in [-0.1, -0.05) is 42.5 Å². The smallest absolute Gasteiger partial charge is 0.340 e. The maximum Gasteiger partial charge on any atom is 0.340 e. The van der Waals surface area contributed by atoms with Crippen LogP contribution >= 0.6 is 0 Å². The van der Waals surface area contributed by atoms with E-state index < -0.39 is 5.97 Å². The van der Waals surface area contributed by atoms with Crippen LogP contribution in [0.1, 0.15) is 32.6 Å². The van der Waals surface area contributed by atoms with Crippen LogP contribution in [0.2, 0.25) is 0 Å². The van der Waals surface area contributed by atoms with Crippen molar-refractivity contribution < 1.29 is 18.7 Å². The van der Waals surface area contributed by atoms with Crippen LogP contribution in [-0.4, -0.2) is 19.8 Å². The number of benzene rings is 3. The van der Waals surface area contributed by atoms with Gasteiger partial charge >= 0.3 is 11.6 Å². The molecule has 0 atom stereocenters. The standard InChI is InChI=1S/C27H23NO5/c1-17-19-12-13-24-22(25(19)33-27(30)21(17)14-18-8-4-3-5-9-18)15-28(16-32-24)23-11-7-6-10-20(23)26(29)31-2/h3-13H,14-16H2,1-2H3. The Kier molecular flexibility index (Phi) is 5.34. The second-order valence-corrected chi connectivity index (χ2v) is 8.05. The van der Waals surface area contributed by atoms with Gasteiger partial charge in [0.1, 0.15) is 11.3 Å². The maximum atomic E-state index is 13.0. The van der Waals surface area contributed by atoms with Gasteiger partial charge in [0.2, 0.25) is 0 Å². The van der Waals surface area contributed by atoms with Gasteiger partial charge < -0.3 is 18.8 Å². The third-order valence-electron chi connectivity index (χ3n) is 6.11.